The van der Waals surface area contributed by atoms with Crippen LogP contribution >= 0.6 is 23.2 Å². The van der Waals surface area contributed by atoms with E-state index in [1.54, 1.807) is 25.3 Å². The Labute approximate surface area is 124 Å². The molecule has 0 aliphatic rings. The molecule has 0 saturated carbocycles. The van der Waals surface area contributed by atoms with Crippen LogP contribution in [0.4, 0.5) is 0 Å². The third kappa shape index (κ3) is 4.77. The molecule has 1 unspecified atom stereocenters. The molecular formula is C14H19Cl2NO2. The van der Waals surface area contributed by atoms with Crippen molar-refractivity contribution >= 4 is 29.0 Å². The topological polar surface area (TPSA) is 29.5 Å². The van der Waals surface area contributed by atoms with Crippen molar-refractivity contribution in [3.8, 4) is 0 Å². The Balaban J connectivity index is 2.77. The maximum absolute atomic E-state index is 12.2. The second-order valence-corrected chi connectivity index (χ2v) is 5.26. The van der Waals surface area contributed by atoms with E-state index in [9.17, 15) is 4.79 Å². The van der Waals surface area contributed by atoms with Gasteiger partial charge < -0.3 is 4.74 Å². The number of benzene rings is 1. The lowest BCUT2D eigenvalue weighted by atomic mass is 10.1. The van der Waals surface area contributed by atoms with E-state index in [0.29, 0.717) is 28.8 Å². The Hall–Kier alpha value is -0.610. The molecule has 0 radical (unpaired) electrons. The number of carbonyl (C=O) groups excluding carboxylic acids is 1. The Morgan fingerprint density at radius 3 is 2.63 bits per heavy atom. The van der Waals surface area contributed by atoms with E-state index in [4.69, 9.17) is 27.9 Å². The Morgan fingerprint density at radius 2 is 2.11 bits per heavy atom. The van der Waals surface area contributed by atoms with Crippen LogP contribution in [0.5, 0.6) is 0 Å². The zero-order chi connectivity index (χ0) is 14.4. The molecule has 106 valence electrons. The normalized spacial score (nSPS) is 12.7. The number of Topliss-reactive ketones (excluding diaryl/α,β-unsaturated/α-hetero) is 1. The molecule has 0 N–H and O–H groups in total. The van der Waals surface area contributed by atoms with Gasteiger partial charge in [0.2, 0.25) is 0 Å². The van der Waals surface area contributed by atoms with Crippen molar-refractivity contribution in [3.63, 3.8) is 0 Å². The first-order chi connectivity index (χ1) is 8.99. The highest BCUT2D eigenvalue weighted by Crippen LogP contribution is 2.21. The van der Waals surface area contributed by atoms with E-state index in [-0.39, 0.29) is 11.8 Å². The number of methoxy groups -OCH3 is 1. The molecule has 1 aromatic rings. The Kier molecular flexibility index (Phi) is 6.80. The van der Waals surface area contributed by atoms with Crippen LogP contribution < -0.4 is 0 Å². The number of halogens is 2. The van der Waals surface area contributed by atoms with Crippen LogP contribution in [0, 0.1) is 0 Å². The van der Waals surface area contributed by atoms with Crippen molar-refractivity contribution in [3.05, 3.63) is 33.8 Å². The van der Waals surface area contributed by atoms with Crippen LogP contribution in [0.1, 0.15) is 24.2 Å². The summed E-state index contributed by atoms with van der Waals surface area (Å²) < 4.78 is 5.12. The van der Waals surface area contributed by atoms with E-state index in [1.165, 1.54) is 0 Å². The summed E-state index contributed by atoms with van der Waals surface area (Å²) >= 11 is 11.9. The maximum atomic E-state index is 12.2. The molecule has 3 nitrogen and oxygen atoms in total. The molecule has 0 saturated heterocycles. The highest BCUT2D eigenvalue weighted by Gasteiger charge is 2.18. The predicted octanol–water partition coefficient (Wildman–Crippen LogP) is 3.53. The zero-order valence-corrected chi connectivity index (χ0v) is 13.0. The molecule has 0 aromatic heterocycles. The lowest BCUT2D eigenvalue weighted by Crippen LogP contribution is -2.39. The van der Waals surface area contributed by atoms with Crippen molar-refractivity contribution in [1.29, 1.82) is 0 Å². The van der Waals surface area contributed by atoms with Gasteiger partial charge in [0, 0.05) is 23.7 Å². The quantitative estimate of drug-likeness (QED) is 0.722. The Bertz CT molecular complexity index is 437. The summed E-state index contributed by atoms with van der Waals surface area (Å²) in [5, 5.41) is 0.926. The van der Waals surface area contributed by atoms with Gasteiger partial charge in [0.05, 0.1) is 18.2 Å². The molecule has 0 aliphatic carbocycles. The second kappa shape index (κ2) is 7.85. The molecule has 0 amide bonds. The van der Waals surface area contributed by atoms with Gasteiger partial charge >= 0.3 is 0 Å². The van der Waals surface area contributed by atoms with Gasteiger partial charge in [0.15, 0.2) is 5.78 Å². The maximum Gasteiger partial charge on any atom is 0.178 e. The smallest absolute Gasteiger partial charge is 0.178 e. The van der Waals surface area contributed by atoms with Gasteiger partial charge in [-0.1, -0.05) is 30.1 Å². The SMILES string of the molecule is CCN(CC(=O)c1ccc(Cl)cc1Cl)C(C)COC. The number of nitrogens with zero attached hydrogens (tertiary/aromatic N) is 1. The standard InChI is InChI=1S/C14H19Cl2NO2/c1-4-17(10(2)9-19-3)8-14(18)12-6-5-11(15)7-13(12)16/h5-7,10H,4,8-9H2,1-3H3. The Morgan fingerprint density at radius 1 is 1.42 bits per heavy atom. The van der Waals surface area contributed by atoms with Gasteiger partial charge in [-0.25, -0.2) is 0 Å². The molecule has 0 heterocycles. The fourth-order valence-electron chi connectivity index (χ4n) is 1.91. The van der Waals surface area contributed by atoms with E-state index in [2.05, 4.69) is 4.90 Å². The van der Waals surface area contributed by atoms with E-state index < -0.39 is 0 Å². The van der Waals surface area contributed by atoms with Gasteiger partial charge in [-0.3, -0.25) is 9.69 Å². The molecule has 0 bridgehead atoms. The van der Waals surface area contributed by atoms with Crippen molar-refractivity contribution in [2.75, 3.05) is 26.8 Å². The van der Waals surface area contributed by atoms with Gasteiger partial charge in [0.25, 0.3) is 0 Å². The molecule has 0 spiro atoms. The zero-order valence-electron chi connectivity index (χ0n) is 11.5. The summed E-state index contributed by atoms with van der Waals surface area (Å²) in [6.45, 7) is 5.74. The van der Waals surface area contributed by atoms with Crippen molar-refractivity contribution < 1.29 is 9.53 Å². The monoisotopic (exact) mass is 303 g/mol. The minimum atomic E-state index is -0.00790. The van der Waals surface area contributed by atoms with Crippen molar-refractivity contribution in [2.24, 2.45) is 0 Å². The molecule has 0 fully saturated rings. The highest BCUT2D eigenvalue weighted by atomic mass is 35.5. The number of likely N-dealkylation sites (N-methyl/N-ethyl adjacent to an activating group) is 1. The van der Waals surface area contributed by atoms with E-state index in [1.807, 2.05) is 13.8 Å². The van der Waals surface area contributed by atoms with Gasteiger partial charge in [-0.05, 0) is 31.7 Å². The molecule has 0 aliphatic heterocycles. The third-order valence-corrected chi connectivity index (χ3v) is 3.56. The van der Waals surface area contributed by atoms with Gasteiger partial charge in [-0.15, -0.1) is 0 Å². The average Bonchev–Trinajstić information content (AvgIpc) is 2.35. The van der Waals surface area contributed by atoms with Gasteiger partial charge in [-0.2, -0.15) is 0 Å². The molecule has 5 heteroatoms. The first kappa shape index (κ1) is 16.4. The largest absolute Gasteiger partial charge is 0.383 e. The van der Waals surface area contributed by atoms with E-state index >= 15 is 0 Å². The van der Waals surface area contributed by atoms with Crippen molar-refractivity contribution in [1.82, 2.24) is 4.90 Å². The molecule has 1 atom stereocenters. The average molecular weight is 304 g/mol. The summed E-state index contributed by atoms with van der Waals surface area (Å²) in [6, 6.07) is 5.12. The summed E-state index contributed by atoms with van der Waals surface area (Å²) in [5.41, 5.74) is 0.508. The fraction of sp³-hybridized carbons (Fsp3) is 0.500. The second-order valence-electron chi connectivity index (χ2n) is 4.41. The lowest BCUT2D eigenvalue weighted by molar-refractivity contribution is 0.0788. The number of hydrogen-bond donors (Lipinski definition) is 0. The van der Waals surface area contributed by atoms with Crippen LogP contribution in [-0.4, -0.2) is 43.5 Å². The molecule has 1 rings (SSSR count). The number of carbonyl (C=O) groups is 1. The predicted molar refractivity (Wildman–Crippen MR) is 79.4 cm³/mol. The minimum absolute atomic E-state index is 0.00790. The van der Waals surface area contributed by atoms with Crippen LogP contribution in [0.2, 0.25) is 10.0 Å². The third-order valence-electron chi connectivity index (χ3n) is 3.02. The minimum Gasteiger partial charge on any atom is -0.383 e. The summed E-state index contributed by atoms with van der Waals surface area (Å²) in [7, 11) is 1.65. The molecule has 1 aromatic carbocycles. The fourth-order valence-corrected chi connectivity index (χ4v) is 2.43. The first-order valence-electron chi connectivity index (χ1n) is 6.20. The van der Waals surface area contributed by atoms with Crippen LogP contribution in [0.3, 0.4) is 0 Å². The first-order valence-corrected chi connectivity index (χ1v) is 6.96. The summed E-state index contributed by atoms with van der Waals surface area (Å²) in [4.78, 5) is 14.3. The van der Waals surface area contributed by atoms with Crippen molar-refractivity contribution in [2.45, 2.75) is 19.9 Å². The van der Waals surface area contributed by atoms with Crippen LogP contribution in [-0.2, 0) is 4.74 Å². The summed E-state index contributed by atoms with van der Waals surface area (Å²) in [6.07, 6.45) is 0. The number of ketones is 1. The lowest BCUT2D eigenvalue weighted by Gasteiger charge is -2.26. The number of rotatable bonds is 7. The summed E-state index contributed by atoms with van der Waals surface area (Å²) in [5.74, 6) is -0.00790. The number of ether oxygens (including phenoxy) is 1. The van der Waals surface area contributed by atoms with Crippen LogP contribution in [0.15, 0.2) is 18.2 Å². The highest BCUT2D eigenvalue weighted by molar-refractivity contribution is 6.36. The molecule has 19 heavy (non-hydrogen) atoms. The molecular weight excluding hydrogens is 285 g/mol. The van der Waals surface area contributed by atoms with Crippen LogP contribution in [0.25, 0.3) is 0 Å². The van der Waals surface area contributed by atoms with E-state index in [0.717, 1.165) is 6.54 Å². The van der Waals surface area contributed by atoms with Gasteiger partial charge in [0.1, 0.15) is 0 Å². The number of hydrogen-bond acceptors (Lipinski definition) is 3.